The first-order valence-corrected chi connectivity index (χ1v) is 3.54. The first-order valence-electron chi connectivity index (χ1n) is 1.48. The molecule has 0 aromatic heterocycles. The van der Waals surface area contributed by atoms with Crippen LogP contribution < -0.4 is 59.1 Å². The minimum Gasteiger partial charge on any atom is -0.750 e. The summed E-state index contributed by atoms with van der Waals surface area (Å²) >= 11 is -5.72. The number of aliphatic hydroxyl groups is 1. The molecular weight excluding hydrogens is 234 g/mol. The van der Waals surface area contributed by atoms with Crippen LogP contribution in [0.15, 0.2) is 0 Å². The van der Waals surface area contributed by atoms with E-state index in [9.17, 15) is 0 Å². The van der Waals surface area contributed by atoms with Crippen molar-refractivity contribution in [2.24, 2.45) is 0 Å². The van der Waals surface area contributed by atoms with Crippen molar-refractivity contribution in [2.45, 2.75) is 0 Å². The Bertz CT molecular complexity index is 77.4. The third-order valence-electron chi connectivity index (χ3n) is 0. The molecule has 0 aliphatic carbocycles. The van der Waals surface area contributed by atoms with Gasteiger partial charge in [-0.3, -0.25) is 0 Å². The standard InChI is InChI=1S/CH4O.2Na.2H2O3S/c1-2;;;2*1-4(2)3/h2H,1H3;;;2*(H2,1,2,3)/q;2*+1;;/p-2. The zero-order valence-electron chi connectivity index (χ0n) is 6.79. The van der Waals surface area contributed by atoms with Crippen molar-refractivity contribution in [1.82, 2.24) is 0 Å². The van der Waals surface area contributed by atoms with Crippen LogP contribution in [0.5, 0.6) is 0 Å². The summed E-state index contributed by atoms with van der Waals surface area (Å²) in [6, 6.07) is 0. The zero-order valence-corrected chi connectivity index (χ0v) is 12.4. The largest absolute Gasteiger partial charge is 1.00 e. The SMILES string of the molecule is CO.O=S([O-])O.O=S([O-])O.[Na+].[Na+]. The van der Waals surface area contributed by atoms with E-state index in [1.165, 1.54) is 0 Å². The maximum atomic E-state index is 8.56. The number of aliphatic hydroxyl groups excluding tert-OH is 1. The van der Waals surface area contributed by atoms with Crippen LogP contribution in [-0.4, -0.2) is 38.8 Å². The van der Waals surface area contributed by atoms with Gasteiger partial charge in [-0.2, -0.15) is 0 Å². The maximum Gasteiger partial charge on any atom is 1.00 e. The number of hydrogen-bond acceptors (Lipinski definition) is 5. The van der Waals surface area contributed by atoms with E-state index < -0.39 is 22.7 Å². The van der Waals surface area contributed by atoms with Gasteiger partial charge in [0.05, 0.1) is 22.7 Å². The van der Waals surface area contributed by atoms with Gasteiger partial charge in [-0.1, -0.05) is 0 Å². The monoisotopic (exact) mass is 240 g/mol. The molecule has 11 heteroatoms. The second-order valence-corrected chi connectivity index (χ2v) is 1.30. The molecule has 66 valence electrons. The van der Waals surface area contributed by atoms with E-state index >= 15 is 0 Å². The maximum absolute atomic E-state index is 8.56. The summed E-state index contributed by atoms with van der Waals surface area (Å²) in [4.78, 5) is 0. The molecular formula is CH6Na2O7S2. The molecule has 7 nitrogen and oxygen atoms in total. The number of hydrogen-bond donors (Lipinski definition) is 3. The minimum absolute atomic E-state index is 0. The van der Waals surface area contributed by atoms with Gasteiger partial charge in [-0.25, -0.2) is 8.42 Å². The predicted molar refractivity (Wildman–Crippen MR) is 31.2 cm³/mol. The Morgan fingerprint density at radius 1 is 0.917 bits per heavy atom. The van der Waals surface area contributed by atoms with Crippen molar-refractivity contribution in [3.63, 3.8) is 0 Å². The molecule has 2 unspecified atom stereocenters. The van der Waals surface area contributed by atoms with Crippen LogP contribution in [0.3, 0.4) is 0 Å². The molecule has 0 heterocycles. The molecule has 0 aromatic rings. The van der Waals surface area contributed by atoms with E-state index in [4.69, 9.17) is 31.7 Å². The van der Waals surface area contributed by atoms with Crippen molar-refractivity contribution >= 4 is 22.7 Å². The van der Waals surface area contributed by atoms with Gasteiger partial charge in [-0.15, -0.1) is 0 Å². The van der Waals surface area contributed by atoms with Crippen molar-refractivity contribution in [3.05, 3.63) is 0 Å². The molecule has 0 rings (SSSR count). The predicted octanol–water partition coefficient (Wildman–Crippen LogP) is -7.71. The van der Waals surface area contributed by atoms with Crippen molar-refractivity contribution in [2.75, 3.05) is 7.11 Å². The van der Waals surface area contributed by atoms with Crippen molar-refractivity contribution < 1.29 is 90.8 Å². The summed E-state index contributed by atoms with van der Waals surface area (Å²) in [7, 11) is 1.00. The Balaban J connectivity index is -0.0000000198. The summed E-state index contributed by atoms with van der Waals surface area (Å²) in [6.07, 6.45) is 0. The molecule has 0 saturated heterocycles. The van der Waals surface area contributed by atoms with Gasteiger partial charge in [-0.05, 0) is 0 Å². The molecule has 0 amide bonds. The van der Waals surface area contributed by atoms with Gasteiger partial charge in [0.1, 0.15) is 0 Å². The van der Waals surface area contributed by atoms with Gasteiger partial charge < -0.3 is 23.3 Å². The van der Waals surface area contributed by atoms with E-state index in [1.807, 2.05) is 0 Å². The second kappa shape index (κ2) is 29.2. The molecule has 0 fully saturated rings. The Kier molecular flexibility index (Phi) is 71.2. The van der Waals surface area contributed by atoms with E-state index in [0.29, 0.717) is 0 Å². The normalized spacial score (nSPS) is 10.8. The van der Waals surface area contributed by atoms with Gasteiger partial charge in [0.15, 0.2) is 0 Å². The summed E-state index contributed by atoms with van der Waals surface area (Å²) in [6.45, 7) is 0. The van der Waals surface area contributed by atoms with Crippen LogP contribution in [0.4, 0.5) is 0 Å². The van der Waals surface area contributed by atoms with Gasteiger partial charge in [0.2, 0.25) is 0 Å². The van der Waals surface area contributed by atoms with E-state index in [2.05, 4.69) is 0 Å². The van der Waals surface area contributed by atoms with E-state index in [1.54, 1.807) is 0 Å². The van der Waals surface area contributed by atoms with Crippen LogP contribution in [-0.2, 0) is 22.7 Å². The smallest absolute Gasteiger partial charge is 0.750 e. The van der Waals surface area contributed by atoms with Crippen LogP contribution in [0, 0.1) is 0 Å². The van der Waals surface area contributed by atoms with Crippen LogP contribution in [0.1, 0.15) is 0 Å². The molecule has 0 aliphatic rings. The molecule has 3 N–H and O–H groups in total. The first kappa shape index (κ1) is 29.2. The third kappa shape index (κ3) is 338. The minimum atomic E-state index is -2.86. The Labute approximate surface area is 119 Å². The Hall–Kier alpha value is 2.10. The fourth-order valence-corrected chi connectivity index (χ4v) is 0. The fourth-order valence-electron chi connectivity index (χ4n) is 0. The molecule has 0 aromatic carbocycles. The summed E-state index contributed by atoms with van der Waals surface area (Å²) in [5.74, 6) is 0. The Morgan fingerprint density at radius 3 is 0.917 bits per heavy atom. The molecule has 2 atom stereocenters. The molecule has 0 bridgehead atoms. The third-order valence-corrected chi connectivity index (χ3v) is 0. The van der Waals surface area contributed by atoms with Crippen molar-refractivity contribution in [3.8, 4) is 0 Å². The average molecular weight is 240 g/mol. The van der Waals surface area contributed by atoms with Crippen LogP contribution in [0.25, 0.3) is 0 Å². The summed E-state index contributed by atoms with van der Waals surface area (Å²) in [5.41, 5.74) is 0. The van der Waals surface area contributed by atoms with Crippen LogP contribution >= 0.6 is 0 Å². The van der Waals surface area contributed by atoms with Crippen molar-refractivity contribution in [1.29, 1.82) is 0 Å². The van der Waals surface area contributed by atoms with E-state index in [0.717, 1.165) is 7.11 Å². The second-order valence-electron chi connectivity index (χ2n) is 0.434. The van der Waals surface area contributed by atoms with E-state index in [-0.39, 0.29) is 59.1 Å². The topological polar surface area (TPSA) is 141 Å². The fraction of sp³-hybridized carbons (Fsp3) is 1.00. The summed E-state index contributed by atoms with van der Waals surface area (Å²) < 4.78 is 48.2. The quantitative estimate of drug-likeness (QED) is 0.282. The number of rotatable bonds is 0. The molecule has 12 heavy (non-hydrogen) atoms. The Morgan fingerprint density at radius 2 is 0.917 bits per heavy atom. The van der Waals surface area contributed by atoms with Gasteiger partial charge in [0, 0.05) is 7.11 Å². The van der Waals surface area contributed by atoms with Gasteiger partial charge in [0.25, 0.3) is 0 Å². The zero-order chi connectivity index (χ0) is 9.15. The molecule has 0 aliphatic heterocycles. The molecule has 0 radical (unpaired) electrons. The van der Waals surface area contributed by atoms with Gasteiger partial charge >= 0.3 is 59.1 Å². The first-order chi connectivity index (χ1) is 4.46. The van der Waals surface area contributed by atoms with Crippen LogP contribution in [0.2, 0.25) is 0 Å². The molecule has 0 saturated carbocycles. The summed E-state index contributed by atoms with van der Waals surface area (Å²) in [5, 5.41) is 7.00. The average Bonchev–Trinajstić information content (AvgIpc) is 1.66. The molecule has 0 spiro atoms.